The van der Waals surface area contributed by atoms with E-state index in [1.807, 2.05) is 78.2 Å². The Hall–Kier alpha value is -2.73. The van der Waals surface area contributed by atoms with Crippen LogP contribution in [0.1, 0.15) is 24.2 Å². The first-order chi connectivity index (χ1) is 14.4. The van der Waals surface area contributed by atoms with Crippen LogP contribution in [0, 0.1) is 5.92 Å². The Morgan fingerprint density at radius 3 is 2.23 bits per heavy atom. The van der Waals surface area contributed by atoms with E-state index in [1.165, 1.54) is 0 Å². The molecule has 0 saturated carbocycles. The van der Waals surface area contributed by atoms with Crippen LogP contribution in [0.3, 0.4) is 0 Å². The molecule has 0 spiro atoms. The molecule has 2 amide bonds. The van der Waals surface area contributed by atoms with E-state index in [9.17, 15) is 9.59 Å². The highest BCUT2D eigenvalue weighted by atomic mass is 79.9. The summed E-state index contributed by atoms with van der Waals surface area (Å²) in [5.41, 5.74) is 3.19. The van der Waals surface area contributed by atoms with E-state index in [4.69, 9.17) is 4.98 Å². The van der Waals surface area contributed by atoms with Gasteiger partial charge in [-0.25, -0.2) is 4.98 Å². The van der Waals surface area contributed by atoms with E-state index >= 15 is 0 Å². The number of hydrogen-bond donors (Lipinski definition) is 0. The van der Waals surface area contributed by atoms with E-state index in [2.05, 4.69) is 15.9 Å². The first kappa shape index (κ1) is 20.5. The topological polar surface area (TPSA) is 53.5 Å². The third-order valence-corrected chi connectivity index (χ3v) is 5.99. The zero-order chi connectivity index (χ0) is 21.3. The molecule has 1 fully saturated rings. The largest absolute Gasteiger partial charge is 0.339 e. The molecule has 0 bridgehead atoms. The van der Waals surface area contributed by atoms with Crippen molar-refractivity contribution in [3.63, 3.8) is 0 Å². The van der Waals surface area contributed by atoms with Gasteiger partial charge in [-0.1, -0.05) is 60.1 Å². The summed E-state index contributed by atoms with van der Waals surface area (Å²) in [7, 11) is 0. The van der Waals surface area contributed by atoms with Crippen LogP contribution in [0.2, 0.25) is 0 Å². The number of fused-ring (bicyclic) bond motifs is 1. The van der Waals surface area contributed by atoms with Crippen molar-refractivity contribution in [3.8, 4) is 11.3 Å². The molecule has 0 N–H and O–H groups in total. The number of aromatic nitrogens is 1. The van der Waals surface area contributed by atoms with Gasteiger partial charge in [-0.3, -0.25) is 9.59 Å². The van der Waals surface area contributed by atoms with Crippen molar-refractivity contribution >= 4 is 38.6 Å². The highest BCUT2D eigenvalue weighted by Crippen LogP contribution is 2.27. The van der Waals surface area contributed by atoms with Gasteiger partial charge in [0.25, 0.3) is 5.91 Å². The molecular formula is C24H24BrN3O2. The maximum atomic E-state index is 13.4. The SMILES string of the molecule is CC(C)C(=O)N1CCN(C(=O)c2cc(-c3ccc(Br)cc3)nc3ccccc23)CC1. The molecular weight excluding hydrogens is 442 g/mol. The van der Waals surface area contributed by atoms with Crippen LogP contribution in [0.4, 0.5) is 0 Å². The van der Waals surface area contributed by atoms with Crippen LogP contribution >= 0.6 is 15.9 Å². The fourth-order valence-electron chi connectivity index (χ4n) is 3.79. The Balaban J connectivity index is 1.65. The second kappa shape index (κ2) is 8.56. The molecule has 3 aromatic rings. The van der Waals surface area contributed by atoms with Crippen LogP contribution in [-0.4, -0.2) is 52.8 Å². The molecule has 1 aliphatic rings. The average Bonchev–Trinajstić information content (AvgIpc) is 2.78. The van der Waals surface area contributed by atoms with Crippen molar-refractivity contribution in [2.45, 2.75) is 13.8 Å². The van der Waals surface area contributed by atoms with Crippen molar-refractivity contribution in [2.75, 3.05) is 26.2 Å². The molecule has 1 aromatic heterocycles. The molecule has 154 valence electrons. The summed E-state index contributed by atoms with van der Waals surface area (Å²) in [6.45, 7) is 6.05. The summed E-state index contributed by atoms with van der Waals surface area (Å²) in [5.74, 6) is 0.113. The lowest BCUT2D eigenvalue weighted by Gasteiger charge is -2.35. The van der Waals surface area contributed by atoms with E-state index in [1.54, 1.807) is 0 Å². The molecule has 6 heteroatoms. The minimum Gasteiger partial charge on any atom is -0.339 e. The van der Waals surface area contributed by atoms with Gasteiger partial charge in [0.2, 0.25) is 5.91 Å². The van der Waals surface area contributed by atoms with Gasteiger partial charge in [-0.15, -0.1) is 0 Å². The first-order valence-electron chi connectivity index (χ1n) is 10.2. The number of piperazine rings is 1. The number of pyridine rings is 1. The highest BCUT2D eigenvalue weighted by Gasteiger charge is 2.27. The van der Waals surface area contributed by atoms with Crippen LogP contribution in [0.15, 0.2) is 59.1 Å². The number of hydrogen-bond acceptors (Lipinski definition) is 3. The van der Waals surface area contributed by atoms with Gasteiger partial charge in [0.1, 0.15) is 0 Å². The molecule has 2 heterocycles. The Morgan fingerprint density at radius 2 is 1.57 bits per heavy atom. The number of nitrogens with zero attached hydrogens (tertiary/aromatic N) is 3. The van der Waals surface area contributed by atoms with Gasteiger partial charge in [0, 0.05) is 47.5 Å². The summed E-state index contributed by atoms with van der Waals surface area (Å²) in [6, 6.07) is 17.6. The number of para-hydroxylation sites is 1. The van der Waals surface area contributed by atoms with Crippen molar-refractivity contribution in [2.24, 2.45) is 5.92 Å². The van der Waals surface area contributed by atoms with Crippen LogP contribution in [0.25, 0.3) is 22.2 Å². The van der Waals surface area contributed by atoms with Crippen molar-refractivity contribution in [3.05, 3.63) is 64.6 Å². The molecule has 2 aromatic carbocycles. The lowest BCUT2D eigenvalue weighted by Crippen LogP contribution is -2.51. The monoisotopic (exact) mass is 465 g/mol. The Labute approximate surface area is 184 Å². The van der Waals surface area contributed by atoms with Gasteiger partial charge in [0.05, 0.1) is 16.8 Å². The molecule has 5 nitrogen and oxygen atoms in total. The number of halogens is 1. The van der Waals surface area contributed by atoms with Gasteiger partial charge in [0.15, 0.2) is 0 Å². The molecule has 1 aliphatic heterocycles. The van der Waals surface area contributed by atoms with Gasteiger partial charge >= 0.3 is 0 Å². The standard InChI is InChI=1S/C24H24BrN3O2/c1-16(2)23(29)27-11-13-28(14-12-27)24(30)20-15-22(17-7-9-18(25)10-8-17)26-21-6-4-3-5-19(20)21/h3-10,15-16H,11-14H2,1-2H3. The average molecular weight is 466 g/mol. The third kappa shape index (κ3) is 4.10. The highest BCUT2D eigenvalue weighted by molar-refractivity contribution is 9.10. The van der Waals surface area contributed by atoms with Gasteiger partial charge in [-0.2, -0.15) is 0 Å². The second-order valence-corrected chi connectivity index (χ2v) is 8.77. The molecule has 1 saturated heterocycles. The fourth-order valence-corrected chi connectivity index (χ4v) is 4.05. The molecule has 0 aliphatic carbocycles. The lowest BCUT2D eigenvalue weighted by atomic mass is 10.0. The van der Waals surface area contributed by atoms with E-state index < -0.39 is 0 Å². The van der Waals surface area contributed by atoms with E-state index in [0.29, 0.717) is 31.7 Å². The number of rotatable bonds is 3. The second-order valence-electron chi connectivity index (χ2n) is 7.85. The summed E-state index contributed by atoms with van der Waals surface area (Å²) in [5, 5.41) is 0.851. The maximum absolute atomic E-state index is 13.4. The zero-order valence-electron chi connectivity index (χ0n) is 17.1. The minimum atomic E-state index is -0.0233. The van der Waals surface area contributed by atoms with Crippen molar-refractivity contribution in [1.29, 1.82) is 0 Å². The summed E-state index contributed by atoms with van der Waals surface area (Å²) in [6.07, 6.45) is 0. The Kier molecular flexibility index (Phi) is 5.86. The van der Waals surface area contributed by atoms with E-state index in [-0.39, 0.29) is 17.7 Å². The normalized spacial score (nSPS) is 14.4. The van der Waals surface area contributed by atoms with Crippen LogP contribution in [0.5, 0.6) is 0 Å². The summed E-state index contributed by atoms with van der Waals surface area (Å²) in [4.78, 5) is 34.2. The molecule has 30 heavy (non-hydrogen) atoms. The van der Waals surface area contributed by atoms with Crippen molar-refractivity contribution in [1.82, 2.24) is 14.8 Å². The van der Waals surface area contributed by atoms with Gasteiger partial charge in [-0.05, 0) is 24.3 Å². The quantitative estimate of drug-likeness (QED) is 0.567. The van der Waals surface area contributed by atoms with Gasteiger partial charge < -0.3 is 9.80 Å². The summed E-state index contributed by atoms with van der Waals surface area (Å²) < 4.78 is 0.997. The maximum Gasteiger partial charge on any atom is 0.254 e. The Morgan fingerprint density at radius 1 is 0.933 bits per heavy atom. The fraction of sp³-hybridized carbons (Fsp3) is 0.292. The number of benzene rings is 2. The number of carbonyl (C=O) groups excluding carboxylic acids is 2. The predicted octanol–water partition coefficient (Wildman–Crippen LogP) is 4.60. The molecule has 0 unspecified atom stereocenters. The molecule has 0 radical (unpaired) electrons. The van der Waals surface area contributed by atoms with E-state index in [0.717, 1.165) is 26.6 Å². The first-order valence-corrected chi connectivity index (χ1v) is 11.0. The minimum absolute atomic E-state index is 0.0105. The zero-order valence-corrected chi connectivity index (χ0v) is 18.7. The van der Waals surface area contributed by atoms with Crippen LogP contribution < -0.4 is 0 Å². The number of carbonyl (C=O) groups is 2. The van der Waals surface area contributed by atoms with Crippen molar-refractivity contribution < 1.29 is 9.59 Å². The predicted molar refractivity (Wildman–Crippen MR) is 122 cm³/mol. The smallest absolute Gasteiger partial charge is 0.254 e. The van der Waals surface area contributed by atoms with Crippen LogP contribution in [-0.2, 0) is 4.79 Å². The third-order valence-electron chi connectivity index (χ3n) is 5.46. The molecule has 0 atom stereocenters. The molecule has 4 rings (SSSR count). The Bertz CT molecular complexity index is 1090. The summed E-state index contributed by atoms with van der Waals surface area (Å²) >= 11 is 3.46. The lowest BCUT2D eigenvalue weighted by molar-refractivity contribution is -0.135. The number of amides is 2.